The summed E-state index contributed by atoms with van der Waals surface area (Å²) in [6.45, 7) is 1.94. The van der Waals surface area contributed by atoms with Gasteiger partial charge < -0.3 is 19.7 Å². The molecule has 0 spiro atoms. The highest BCUT2D eigenvalue weighted by atomic mass is 16.7. The molecule has 1 saturated carbocycles. The first-order valence-electron chi connectivity index (χ1n) is 13.4. The molecule has 0 bridgehead atoms. The van der Waals surface area contributed by atoms with Crippen LogP contribution in [-0.2, 0) is 20.9 Å². The minimum atomic E-state index is -1.14. The molecule has 1 N–H and O–H groups in total. The van der Waals surface area contributed by atoms with E-state index in [0.29, 0.717) is 35.7 Å². The fourth-order valence-corrected chi connectivity index (χ4v) is 5.86. The monoisotopic (exact) mass is 539 g/mol. The first-order chi connectivity index (χ1) is 19.4. The van der Waals surface area contributed by atoms with Crippen molar-refractivity contribution in [3.8, 4) is 11.5 Å². The zero-order chi connectivity index (χ0) is 27.9. The fourth-order valence-electron chi connectivity index (χ4n) is 5.86. The number of Topliss-reactive ketones (excluding diaryl/α,β-unsaturated/α-hetero) is 1. The SMILES string of the molecule is Cc1ccccc1CN(C(=O)CN1C(=O)C(=O)c2ccccc21)C1(C(=O)Nc2ccc3c(c2)OCO3)CCCC1. The predicted molar refractivity (Wildman–Crippen MR) is 147 cm³/mol. The van der Waals surface area contributed by atoms with Crippen LogP contribution in [0.3, 0.4) is 0 Å². The second-order valence-electron chi connectivity index (χ2n) is 10.4. The molecule has 0 atom stereocenters. The molecular weight excluding hydrogens is 510 g/mol. The number of ether oxygens (including phenoxy) is 2. The number of hydrogen-bond donors (Lipinski definition) is 1. The van der Waals surface area contributed by atoms with Crippen LogP contribution >= 0.6 is 0 Å². The van der Waals surface area contributed by atoms with Crippen LogP contribution in [0.1, 0.15) is 47.2 Å². The van der Waals surface area contributed by atoms with Gasteiger partial charge >= 0.3 is 0 Å². The zero-order valence-corrected chi connectivity index (χ0v) is 22.1. The average Bonchev–Trinajstić information content (AvgIpc) is 3.69. The van der Waals surface area contributed by atoms with Crippen molar-refractivity contribution in [3.63, 3.8) is 0 Å². The molecular formula is C31H29N3O6. The van der Waals surface area contributed by atoms with Crippen molar-refractivity contribution in [1.29, 1.82) is 0 Å². The van der Waals surface area contributed by atoms with Gasteiger partial charge in [0.25, 0.3) is 11.7 Å². The largest absolute Gasteiger partial charge is 0.454 e. The maximum Gasteiger partial charge on any atom is 0.299 e. The lowest BCUT2D eigenvalue weighted by atomic mass is 9.91. The topological polar surface area (TPSA) is 105 Å². The molecule has 0 radical (unpaired) electrons. The first kappa shape index (κ1) is 25.6. The summed E-state index contributed by atoms with van der Waals surface area (Å²) < 4.78 is 10.9. The van der Waals surface area contributed by atoms with Gasteiger partial charge in [0.05, 0.1) is 11.3 Å². The van der Waals surface area contributed by atoms with Gasteiger partial charge in [0, 0.05) is 18.3 Å². The van der Waals surface area contributed by atoms with Crippen LogP contribution in [0.25, 0.3) is 0 Å². The highest BCUT2D eigenvalue weighted by Gasteiger charge is 2.49. The van der Waals surface area contributed by atoms with Gasteiger partial charge in [-0.25, -0.2) is 0 Å². The van der Waals surface area contributed by atoms with Crippen LogP contribution in [-0.4, -0.2) is 47.3 Å². The lowest BCUT2D eigenvalue weighted by Crippen LogP contribution is -2.59. The molecule has 2 heterocycles. The molecule has 1 aliphatic carbocycles. The van der Waals surface area contributed by atoms with Gasteiger partial charge in [0.1, 0.15) is 12.1 Å². The Morgan fingerprint density at radius 1 is 0.950 bits per heavy atom. The van der Waals surface area contributed by atoms with Gasteiger partial charge in [0.2, 0.25) is 18.6 Å². The Hall–Kier alpha value is -4.66. The van der Waals surface area contributed by atoms with Gasteiger partial charge in [-0.1, -0.05) is 49.2 Å². The number of nitrogens with zero attached hydrogens (tertiary/aromatic N) is 2. The summed E-state index contributed by atoms with van der Waals surface area (Å²) in [4.78, 5) is 56.6. The third-order valence-electron chi connectivity index (χ3n) is 8.06. The molecule has 9 nitrogen and oxygen atoms in total. The number of nitrogens with one attached hydrogen (secondary N) is 1. The van der Waals surface area contributed by atoms with Gasteiger partial charge in [-0.05, 0) is 55.2 Å². The smallest absolute Gasteiger partial charge is 0.299 e. The number of fused-ring (bicyclic) bond motifs is 2. The summed E-state index contributed by atoms with van der Waals surface area (Å²) in [6.07, 6.45) is 2.50. The van der Waals surface area contributed by atoms with Crippen LogP contribution in [0.15, 0.2) is 66.7 Å². The summed E-state index contributed by atoms with van der Waals surface area (Å²) in [5, 5.41) is 3.01. The summed E-state index contributed by atoms with van der Waals surface area (Å²) in [5.41, 5.74) is 1.98. The molecule has 6 rings (SSSR count). The third-order valence-corrected chi connectivity index (χ3v) is 8.06. The van der Waals surface area contributed by atoms with Crippen LogP contribution in [0.5, 0.6) is 11.5 Å². The predicted octanol–water partition coefficient (Wildman–Crippen LogP) is 4.23. The molecule has 3 aliphatic rings. The van der Waals surface area contributed by atoms with E-state index in [1.165, 1.54) is 4.90 Å². The van der Waals surface area contributed by atoms with E-state index in [9.17, 15) is 19.2 Å². The van der Waals surface area contributed by atoms with E-state index in [-0.39, 0.29) is 31.4 Å². The third kappa shape index (κ3) is 4.37. The number of anilines is 2. The van der Waals surface area contributed by atoms with E-state index in [1.807, 2.05) is 31.2 Å². The number of amides is 3. The minimum absolute atomic E-state index is 0.121. The lowest BCUT2D eigenvalue weighted by molar-refractivity contribution is -0.145. The quantitative estimate of drug-likeness (QED) is 0.451. The molecule has 40 heavy (non-hydrogen) atoms. The Labute approximate surface area is 231 Å². The highest BCUT2D eigenvalue weighted by Crippen LogP contribution is 2.40. The molecule has 0 saturated heterocycles. The number of hydrogen-bond acceptors (Lipinski definition) is 6. The number of rotatable bonds is 7. The van der Waals surface area contributed by atoms with Crippen molar-refractivity contribution in [2.45, 2.75) is 44.7 Å². The zero-order valence-electron chi connectivity index (χ0n) is 22.1. The summed E-state index contributed by atoms with van der Waals surface area (Å²) in [6, 6.07) is 19.6. The van der Waals surface area contributed by atoms with Crippen molar-refractivity contribution in [2.75, 3.05) is 23.6 Å². The van der Waals surface area contributed by atoms with Gasteiger partial charge in [-0.2, -0.15) is 0 Å². The molecule has 1 fully saturated rings. The second kappa shape index (κ2) is 10.1. The Bertz CT molecular complexity index is 1530. The van der Waals surface area contributed by atoms with E-state index < -0.39 is 23.1 Å². The normalized spacial score (nSPS) is 16.7. The maximum atomic E-state index is 14.2. The van der Waals surface area contributed by atoms with Crippen LogP contribution in [0, 0.1) is 6.92 Å². The number of carbonyl (C=O) groups excluding carboxylic acids is 4. The van der Waals surface area contributed by atoms with Gasteiger partial charge in [-0.15, -0.1) is 0 Å². The van der Waals surface area contributed by atoms with Crippen molar-refractivity contribution >= 4 is 34.9 Å². The number of benzene rings is 3. The van der Waals surface area contributed by atoms with E-state index >= 15 is 0 Å². The number of carbonyl (C=O) groups is 4. The van der Waals surface area contributed by atoms with E-state index in [4.69, 9.17) is 9.47 Å². The summed E-state index contributed by atoms with van der Waals surface area (Å²) >= 11 is 0. The average molecular weight is 540 g/mol. The molecule has 2 aliphatic heterocycles. The van der Waals surface area contributed by atoms with E-state index in [0.717, 1.165) is 24.0 Å². The van der Waals surface area contributed by atoms with Crippen LogP contribution in [0.4, 0.5) is 11.4 Å². The summed E-state index contributed by atoms with van der Waals surface area (Å²) in [5.74, 6) is -0.920. The minimum Gasteiger partial charge on any atom is -0.454 e. The molecule has 3 aromatic rings. The van der Waals surface area contributed by atoms with E-state index in [2.05, 4.69) is 5.32 Å². The van der Waals surface area contributed by atoms with Crippen molar-refractivity contribution in [2.24, 2.45) is 0 Å². The summed E-state index contributed by atoms with van der Waals surface area (Å²) in [7, 11) is 0. The Balaban J connectivity index is 1.34. The molecule has 9 heteroatoms. The van der Waals surface area contributed by atoms with E-state index in [1.54, 1.807) is 47.4 Å². The molecule has 204 valence electrons. The Morgan fingerprint density at radius 2 is 1.68 bits per heavy atom. The number of ketones is 1. The lowest BCUT2D eigenvalue weighted by Gasteiger charge is -2.41. The fraction of sp³-hybridized carbons (Fsp3) is 0.290. The first-order valence-corrected chi connectivity index (χ1v) is 13.4. The molecule has 0 unspecified atom stereocenters. The van der Waals surface area contributed by atoms with Crippen LogP contribution in [0.2, 0.25) is 0 Å². The van der Waals surface area contributed by atoms with Gasteiger partial charge in [0.15, 0.2) is 11.5 Å². The van der Waals surface area contributed by atoms with Crippen molar-refractivity contribution in [3.05, 3.63) is 83.4 Å². The number of aryl methyl sites for hydroxylation is 1. The molecule has 0 aromatic heterocycles. The second-order valence-corrected chi connectivity index (χ2v) is 10.4. The van der Waals surface area contributed by atoms with Crippen LogP contribution < -0.4 is 19.7 Å². The Kier molecular flexibility index (Phi) is 6.50. The number of para-hydroxylation sites is 1. The Morgan fingerprint density at radius 3 is 2.48 bits per heavy atom. The molecule has 3 aromatic carbocycles. The molecule has 3 amide bonds. The highest BCUT2D eigenvalue weighted by molar-refractivity contribution is 6.52. The van der Waals surface area contributed by atoms with Crippen molar-refractivity contribution < 1.29 is 28.7 Å². The maximum absolute atomic E-state index is 14.2. The standard InChI is InChI=1S/C31H29N3O6/c1-20-8-2-3-9-21(20)17-34(27(35)18-33-24-11-5-4-10-23(24)28(36)29(33)37)31(14-6-7-15-31)30(38)32-22-12-13-25-26(16-22)40-19-39-25/h2-5,8-13,16H,6-7,14-15,17-19H2,1H3,(H,32,38). The van der Waals surface area contributed by atoms with Gasteiger partial charge in [-0.3, -0.25) is 24.1 Å². The van der Waals surface area contributed by atoms with Crippen molar-refractivity contribution in [1.82, 2.24) is 4.90 Å².